The van der Waals surface area contributed by atoms with Crippen molar-refractivity contribution in [2.75, 3.05) is 20.1 Å². The van der Waals surface area contributed by atoms with Crippen LogP contribution in [-0.2, 0) is 6.54 Å². The zero-order valence-corrected chi connectivity index (χ0v) is 12.2. The molecule has 2 heterocycles. The highest BCUT2D eigenvalue weighted by atomic mass is 15.2. The molecule has 0 amide bonds. The zero-order valence-electron chi connectivity index (χ0n) is 12.2. The van der Waals surface area contributed by atoms with Gasteiger partial charge in [0.1, 0.15) is 0 Å². The first-order valence-corrected chi connectivity index (χ1v) is 7.58. The van der Waals surface area contributed by atoms with Gasteiger partial charge in [-0.05, 0) is 44.1 Å². The number of aromatic nitrogens is 1. The second-order valence-corrected chi connectivity index (χ2v) is 5.75. The summed E-state index contributed by atoms with van der Waals surface area (Å²) in [6.07, 6.45) is 5.95. The number of nitrogens with one attached hydrogen (secondary N) is 1. The number of pyridine rings is 1. The molecule has 1 aromatic carbocycles. The molecule has 0 aliphatic carbocycles. The predicted octanol–water partition coefficient (Wildman–Crippen LogP) is 2.81. The molecular weight excluding hydrogens is 246 g/mol. The molecule has 1 aliphatic rings. The summed E-state index contributed by atoms with van der Waals surface area (Å²) >= 11 is 0. The maximum absolute atomic E-state index is 4.42. The van der Waals surface area contributed by atoms with E-state index in [1.807, 2.05) is 12.3 Å². The van der Waals surface area contributed by atoms with Gasteiger partial charge in [-0.1, -0.05) is 24.6 Å². The number of benzene rings is 1. The third-order valence-corrected chi connectivity index (χ3v) is 4.36. The molecule has 1 aromatic heterocycles. The summed E-state index contributed by atoms with van der Waals surface area (Å²) in [6.45, 7) is 3.24. The molecule has 106 valence electrons. The average Bonchev–Trinajstić information content (AvgIpc) is 2.49. The maximum Gasteiger partial charge on any atom is 0.0705 e. The first kappa shape index (κ1) is 13.5. The Bertz CT molecular complexity index is 562. The van der Waals surface area contributed by atoms with Gasteiger partial charge in [0.05, 0.1) is 5.52 Å². The van der Waals surface area contributed by atoms with E-state index in [9.17, 15) is 0 Å². The molecule has 1 fully saturated rings. The summed E-state index contributed by atoms with van der Waals surface area (Å²) in [4.78, 5) is 6.90. The predicted molar refractivity (Wildman–Crippen MR) is 83.7 cm³/mol. The normalized spacial score (nSPS) is 20.4. The van der Waals surface area contributed by atoms with E-state index in [1.165, 1.54) is 36.8 Å². The van der Waals surface area contributed by atoms with Crippen molar-refractivity contribution in [1.82, 2.24) is 15.2 Å². The van der Waals surface area contributed by atoms with Crippen LogP contribution in [0, 0.1) is 0 Å². The van der Waals surface area contributed by atoms with Crippen molar-refractivity contribution in [2.45, 2.75) is 31.8 Å². The van der Waals surface area contributed by atoms with Crippen molar-refractivity contribution in [1.29, 1.82) is 0 Å². The molecule has 0 bridgehead atoms. The van der Waals surface area contributed by atoms with Gasteiger partial charge in [0.2, 0.25) is 0 Å². The molecule has 3 rings (SSSR count). The van der Waals surface area contributed by atoms with E-state index < -0.39 is 0 Å². The van der Waals surface area contributed by atoms with Gasteiger partial charge in [-0.3, -0.25) is 4.98 Å². The first-order valence-electron chi connectivity index (χ1n) is 7.58. The molecule has 1 unspecified atom stereocenters. The Morgan fingerprint density at radius 2 is 2.15 bits per heavy atom. The van der Waals surface area contributed by atoms with Gasteiger partial charge in [0, 0.05) is 30.7 Å². The van der Waals surface area contributed by atoms with Crippen LogP contribution in [0.1, 0.15) is 24.8 Å². The fourth-order valence-electron chi connectivity index (χ4n) is 3.08. The van der Waals surface area contributed by atoms with E-state index in [0.717, 1.165) is 18.6 Å². The number of para-hydroxylation sites is 1. The molecule has 2 aromatic rings. The zero-order chi connectivity index (χ0) is 13.8. The van der Waals surface area contributed by atoms with Crippen molar-refractivity contribution in [2.24, 2.45) is 0 Å². The van der Waals surface area contributed by atoms with Crippen LogP contribution in [0.3, 0.4) is 0 Å². The standard InChI is InChI=1S/C17H23N3/c1-20-11-5-4-6-15(20)13-18-12-14-9-10-19-17-8-3-2-7-16(14)17/h2-3,7-10,15,18H,4-6,11-13H2,1H3. The highest BCUT2D eigenvalue weighted by Gasteiger charge is 2.17. The van der Waals surface area contributed by atoms with Gasteiger partial charge in [-0.25, -0.2) is 0 Å². The Hall–Kier alpha value is -1.45. The maximum atomic E-state index is 4.42. The topological polar surface area (TPSA) is 28.2 Å². The highest BCUT2D eigenvalue weighted by Crippen LogP contribution is 2.17. The molecule has 1 aliphatic heterocycles. The van der Waals surface area contributed by atoms with Gasteiger partial charge in [-0.15, -0.1) is 0 Å². The van der Waals surface area contributed by atoms with Gasteiger partial charge < -0.3 is 10.2 Å². The molecule has 3 nitrogen and oxygen atoms in total. The van der Waals surface area contributed by atoms with E-state index in [0.29, 0.717) is 6.04 Å². The monoisotopic (exact) mass is 269 g/mol. The fraction of sp³-hybridized carbons (Fsp3) is 0.471. The van der Waals surface area contributed by atoms with Crippen molar-refractivity contribution < 1.29 is 0 Å². The Labute approximate surface area is 121 Å². The van der Waals surface area contributed by atoms with E-state index in [4.69, 9.17) is 0 Å². The number of likely N-dealkylation sites (N-methyl/N-ethyl adjacent to an activating group) is 1. The molecule has 1 saturated heterocycles. The number of hydrogen-bond acceptors (Lipinski definition) is 3. The summed E-state index contributed by atoms with van der Waals surface area (Å²) in [5, 5.41) is 4.89. The van der Waals surface area contributed by atoms with E-state index in [2.05, 4.69) is 46.5 Å². The van der Waals surface area contributed by atoms with E-state index >= 15 is 0 Å². The second kappa shape index (κ2) is 6.33. The van der Waals surface area contributed by atoms with Crippen molar-refractivity contribution in [3.8, 4) is 0 Å². The number of nitrogens with zero attached hydrogens (tertiary/aromatic N) is 2. The highest BCUT2D eigenvalue weighted by molar-refractivity contribution is 5.81. The van der Waals surface area contributed by atoms with Crippen LogP contribution < -0.4 is 5.32 Å². The first-order chi connectivity index (χ1) is 9.84. The summed E-state index contributed by atoms with van der Waals surface area (Å²) in [7, 11) is 2.24. The van der Waals surface area contributed by atoms with Crippen molar-refractivity contribution in [3.63, 3.8) is 0 Å². The molecule has 20 heavy (non-hydrogen) atoms. The lowest BCUT2D eigenvalue weighted by atomic mass is 10.0. The van der Waals surface area contributed by atoms with E-state index in [-0.39, 0.29) is 0 Å². The summed E-state index contributed by atoms with van der Waals surface area (Å²) in [5.41, 5.74) is 2.43. The van der Waals surface area contributed by atoms with E-state index in [1.54, 1.807) is 0 Å². The fourth-order valence-corrected chi connectivity index (χ4v) is 3.08. The van der Waals surface area contributed by atoms with Crippen LogP contribution in [0.2, 0.25) is 0 Å². The van der Waals surface area contributed by atoms with Crippen molar-refractivity contribution in [3.05, 3.63) is 42.1 Å². The molecule has 1 N–H and O–H groups in total. The van der Waals surface area contributed by atoms with Gasteiger partial charge in [0.25, 0.3) is 0 Å². The number of piperidine rings is 1. The van der Waals surface area contributed by atoms with Crippen LogP contribution in [-0.4, -0.2) is 36.1 Å². The minimum Gasteiger partial charge on any atom is -0.311 e. The lowest BCUT2D eigenvalue weighted by molar-refractivity contribution is 0.181. The molecule has 3 heteroatoms. The number of fused-ring (bicyclic) bond motifs is 1. The number of likely N-dealkylation sites (tertiary alicyclic amines) is 1. The lowest BCUT2D eigenvalue weighted by Gasteiger charge is -2.32. The van der Waals surface area contributed by atoms with Crippen LogP contribution in [0.5, 0.6) is 0 Å². The molecule has 1 atom stereocenters. The second-order valence-electron chi connectivity index (χ2n) is 5.75. The Morgan fingerprint density at radius 3 is 3.05 bits per heavy atom. The minimum atomic E-state index is 0.692. The van der Waals surface area contributed by atoms with Gasteiger partial charge >= 0.3 is 0 Å². The van der Waals surface area contributed by atoms with Crippen molar-refractivity contribution >= 4 is 10.9 Å². The van der Waals surface area contributed by atoms with Gasteiger partial charge in [0.15, 0.2) is 0 Å². The van der Waals surface area contributed by atoms with Crippen LogP contribution in [0.4, 0.5) is 0 Å². The lowest BCUT2D eigenvalue weighted by Crippen LogP contribution is -2.42. The number of rotatable bonds is 4. The largest absolute Gasteiger partial charge is 0.311 e. The van der Waals surface area contributed by atoms with Crippen LogP contribution in [0.25, 0.3) is 10.9 Å². The minimum absolute atomic E-state index is 0.692. The third-order valence-electron chi connectivity index (χ3n) is 4.36. The Kier molecular flexibility index (Phi) is 4.28. The molecule has 0 spiro atoms. The quantitative estimate of drug-likeness (QED) is 0.925. The SMILES string of the molecule is CN1CCCCC1CNCc1ccnc2ccccc12. The molecule has 0 radical (unpaired) electrons. The molecular formula is C17H23N3. The summed E-state index contributed by atoms with van der Waals surface area (Å²) in [6, 6.07) is 11.2. The summed E-state index contributed by atoms with van der Waals surface area (Å²) in [5.74, 6) is 0. The Balaban J connectivity index is 1.62. The van der Waals surface area contributed by atoms with Crippen LogP contribution >= 0.6 is 0 Å². The molecule has 0 saturated carbocycles. The third kappa shape index (κ3) is 3.00. The number of hydrogen-bond donors (Lipinski definition) is 1. The Morgan fingerprint density at radius 1 is 1.25 bits per heavy atom. The average molecular weight is 269 g/mol. The van der Waals surface area contributed by atoms with Crippen LogP contribution in [0.15, 0.2) is 36.5 Å². The van der Waals surface area contributed by atoms with Gasteiger partial charge in [-0.2, -0.15) is 0 Å². The summed E-state index contributed by atoms with van der Waals surface area (Å²) < 4.78 is 0. The smallest absolute Gasteiger partial charge is 0.0705 e.